The minimum atomic E-state index is -3.84. The summed E-state index contributed by atoms with van der Waals surface area (Å²) in [6, 6.07) is 3.38. The first-order chi connectivity index (χ1) is 11.8. The molecule has 0 spiro atoms. The molecule has 1 aliphatic rings. The van der Waals surface area contributed by atoms with Crippen molar-refractivity contribution in [2.45, 2.75) is 24.3 Å². The first-order valence-electron chi connectivity index (χ1n) is 7.72. The molecule has 6 nitrogen and oxygen atoms in total. The van der Waals surface area contributed by atoms with Crippen LogP contribution in [-0.4, -0.2) is 48.4 Å². The highest BCUT2D eigenvalue weighted by Gasteiger charge is 2.33. The highest BCUT2D eigenvalue weighted by atomic mass is 35.5. The lowest BCUT2D eigenvalue weighted by Gasteiger charge is -2.37. The van der Waals surface area contributed by atoms with Gasteiger partial charge in [0.2, 0.25) is 10.0 Å². The van der Waals surface area contributed by atoms with E-state index in [0.29, 0.717) is 6.61 Å². The van der Waals surface area contributed by atoms with Gasteiger partial charge in [-0.15, -0.1) is 0 Å². The zero-order chi connectivity index (χ0) is 18.5. The van der Waals surface area contributed by atoms with Crippen LogP contribution in [0.25, 0.3) is 0 Å². The van der Waals surface area contributed by atoms with Gasteiger partial charge in [-0.3, -0.25) is 0 Å². The summed E-state index contributed by atoms with van der Waals surface area (Å²) in [6.45, 7) is -0.795. The molecule has 1 aromatic rings. The average molecular weight is 399 g/mol. The quantitative estimate of drug-likeness (QED) is 0.702. The molecule has 10 heteroatoms. The number of alkyl halides is 2. The summed E-state index contributed by atoms with van der Waals surface area (Å²) in [7, 11) is -2.25. The number of piperidine rings is 1. The molecule has 25 heavy (non-hydrogen) atoms. The van der Waals surface area contributed by atoms with Crippen molar-refractivity contribution in [1.82, 2.24) is 10.0 Å². The van der Waals surface area contributed by atoms with E-state index in [9.17, 15) is 17.2 Å². The fraction of sp³-hybridized carbons (Fsp3) is 0.600. The van der Waals surface area contributed by atoms with Crippen molar-refractivity contribution in [3.63, 3.8) is 0 Å². The molecule has 142 valence electrons. The van der Waals surface area contributed by atoms with Gasteiger partial charge in [-0.25, -0.2) is 13.1 Å². The molecule has 0 aromatic heterocycles. The molecule has 0 radical (unpaired) electrons. The minimum Gasteiger partial charge on any atom is -0.433 e. The molecule has 1 aliphatic heterocycles. The Balaban J connectivity index is 2.11. The summed E-state index contributed by atoms with van der Waals surface area (Å²) in [5.74, 6) is -0.273. The monoisotopic (exact) mass is 398 g/mol. The Kier molecular flexibility index (Phi) is 6.98. The molecule has 1 saturated heterocycles. The van der Waals surface area contributed by atoms with Crippen molar-refractivity contribution < 1.29 is 26.7 Å². The molecule has 0 aliphatic carbocycles. The number of rotatable bonds is 8. The zero-order valence-electron chi connectivity index (χ0n) is 13.7. The van der Waals surface area contributed by atoms with E-state index in [2.05, 4.69) is 14.8 Å². The normalized spacial score (nSPS) is 17.6. The summed E-state index contributed by atoms with van der Waals surface area (Å²) >= 11 is 5.83. The third kappa shape index (κ3) is 5.49. The van der Waals surface area contributed by atoms with Crippen LogP contribution in [0, 0.1) is 5.41 Å². The Bertz CT molecular complexity index is 677. The van der Waals surface area contributed by atoms with Gasteiger partial charge in [-0.05, 0) is 44.1 Å². The first-order valence-corrected chi connectivity index (χ1v) is 9.58. The van der Waals surface area contributed by atoms with Gasteiger partial charge in [-0.2, -0.15) is 8.78 Å². The molecular formula is C15H21ClF2N2O4S. The Morgan fingerprint density at radius 1 is 1.36 bits per heavy atom. The molecule has 0 unspecified atom stereocenters. The van der Waals surface area contributed by atoms with Crippen LogP contribution in [-0.2, 0) is 14.8 Å². The predicted molar refractivity (Wildman–Crippen MR) is 89.7 cm³/mol. The van der Waals surface area contributed by atoms with E-state index in [4.69, 9.17) is 16.3 Å². The number of hydrogen-bond acceptors (Lipinski definition) is 5. The van der Waals surface area contributed by atoms with E-state index < -0.39 is 16.6 Å². The van der Waals surface area contributed by atoms with Crippen molar-refractivity contribution in [2.24, 2.45) is 5.41 Å². The van der Waals surface area contributed by atoms with Crippen LogP contribution in [0.2, 0.25) is 5.02 Å². The number of methoxy groups -OCH3 is 1. The fourth-order valence-electron chi connectivity index (χ4n) is 2.81. The number of halogens is 3. The van der Waals surface area contributed by atoms with E-state index in [0.717, 1.165) is 38.1 Å². The van der Waals surface area contributed by atoms with E-state index in [-0.39, 0.29) is 27.6 Å². The van der Waals surface area contributed by atoms with Gasteiger partial charge in [0.25, 0.3) is 0 Å². The van der Waals surface area contributed by atoms with E-state index >= 15 is 0 Å². The lowest BCUT2D eigenvalue weighted by Crippen LogP contribution is -2.47. The molecule has 1 aromatic carbocycles. The predicted octanol–water partition coefficient (Wildman–Crippen LogP) is 2.24. The number of hydrogen-bond donors (Lipinski definition) is 2. The Hall–Kier alpha value is -1.00. The third-order valence-corrected chi connectivity index (χ3v) is 5.88. The first kappa shape index (κ1) is 20.3. The van der Waals surface area contributed by atoms with Crippen LogP contribution in [0.1, 0.15) is 12.8 Å². The minimum absolute atomic E-state index is 0.111. The highest BCUT2D eigenvalue weighted by molar-refractivity contribution is 7.89. The second-order valence-electron chi connectivity index (χ2n) is 5.98. The molecular weight excluding hydrogens is 378 g/mol. The number of ether oxygens (including phenoxy) is 2. The molecule has 1 heterocycles. The lowest BCUT2D eigenvalue weighted by atomic mass is 9.80. The number of sulfonamides is 1. The standard InChI is InChI=1S/C15H21ClF2N2O4S/c1-23-10-15(4-6-19-7-5-15)9-20-25(21,22)11-2-3-13(12(16)8-11)24-14(17)18/h2-3,8,14,19-20H,4-7,9-10H2,1H3. The van der Waals surface area contributed by atoms with Gasteiger partial charge in [0, 0.05) is 19.1 Å². The van der Waals surface area contributed by atoms with Crippen LogP contribution >= 0.6 is 11.6 Å². The largest absolute Gasteiger partial charge is 0.433 e. The van der Waals surface area contributed by atoms with Crippen LogP contribution in [0.5, 0.6) is 5.75 Å². The summed E-state index contributed by atoms with van der Waals surface area (Å²) < 4.78 is 61.5. The fourth-order valence-corrected chi connectivity index (χ4v) is 4.28. The second kappa shape index (κ2) is 8.59. The maximum absolute atomic E-state index is 12.5. The maximum atomic E-state index is 12.5. The Labute approximate surface area is 150 Å². The SMILES string of the molecule is COCC1(CNS(=O)(=O)c2ccc(OC(F)F)c(Cl)c2)CCNCC1. The Morgan fingerprint density at radius 2 is 2.04 bits per heavy atom. The maximum Gasteiger partial charge on any atom is 0.387 e. The van der Waals surface area contributed by atoms with Crippen LogP contribution < -0.4 is 14.8 Å². The van der Waals surface area contributed by atoms with Crippen molar-refractivity contribution in [3.05, 3.63) is 23.2 Å². The van der Waals surface area contributed by atoms with Crippen molar-refractivity contribution in [1.29, 1.82) is 0 Å². The highest BCUT2D eigenvalue weighted by Crippen LogP contribution is 2.31. The average Bonchev–Trinajstić information content (AvgIpc) is 2.56. The van der Waals surface area contributed by atoms with Crippen molar-refractivity contribution >= 4 is 21.6 Å². The summed E-state index contributed by atoms with van der Waals surface area (Å²) in [5.41, 5.74) is -0.282. The van der Waals surface area contributed by atoms with Gasteiger partial charge >= 0.3 is 6.61 Å². The Morgan fingerprint density at radius 3 is 2.60 bits per heavy atom. The molecule has 1 fully saturated rings. The van der Waals surface area contributed by atoms with Crippen LogP contribution in [0.15, 0.2) is 23.1 Å². The summed E-state index contributed by atoms with van der Waals surface area (Å²) in [5, 5.41) is 3.03. The van der Waals surface area contributed by atoms with Gasteiger partial charge in [0.05, 0.1) is 16.5 Å². The smallest absolute Gasteiger partial charge is 0.387 e. The van der Waals surface area contributed by atoms with E-state index in [1.807, 2.05) is 0 Å². The second-order valence-corrected chi connectivity index (χ2v) is 8.15. The molecule has 0 saturated carbocycles. The van der Waals surface area contributed by atoms with Crippen molar-refractivity contribution in [2.75, 3.05) is 33.4 Å². The van der Waals surface area contributed by atoms with E-state index in [1.54, 1.807) is 7.11 Å². The number of benzene rings is 1. The van der Waals surface area contributed by atoms with Crippen LogP contribution in [0.3, 0.4) is 0 Å². The molecule has 0 amide bonds. The molecule has 0 atom stereocenters. The lowest BCUT2D eigenvalue weighted by molar-refractivity contribution is -0.0498. The summed E-state index contributed by atoms with van der Waals surface area (Å²) in [4.78, 5) is -0.111. The van der Waals surface area contributed by atoms with E-state index in [1.165, 1.54) is 6.07 Å². The van der Waals surface area contributed by atoms with Crippen LogP contribution in [0.4, 0.5) is 8.78 Å². The molecule has 2 rings (SSSR count). The zero-order valence-corrected chi connectivity index (χ0v) is 15.3. The number of nitrogens with one attached hydrogen (secondary N) is 2. The third-order valence-electron chi connectivity index (χ3n) is 4.18. The molecule has 0 bridgehead atoms. The topological polar surface area (TPSA) is 76.7 Å². The summed E-state index contributed by atoms with van der Waals surface area (Å²) in [6.07, 6.45) is 1.57. The van der Waals surface area contributed by atoms with Gasteiger partial charge < -0.3 is 14.8 Å². The van der Waals surface area contributed by atoms with Gasteiger partial charge in [0.15, 0.2) is 0 Å². The molecule has 2 N–H and O–H groups in total. The van der Waals surface area contributed by atoms with Crippen molar-refractivity contribution in [3.8, 4) is 5.75 Å². The van der Waals surface area contributed by atoms with Gasteiger partial charge in [0.1, 0.15) is 5.75 Å². The van der Waals surface area contributed by atoms with Gasteiger partial charge in [-0.1, -0.05) is 11.6 Å².